The maximum atomic E-state index is 12.0. The predicted molar refractivity (Wildman–Crippen MR) is 91.5 cm³/mol. The molecule has 0 atom stereocenters. The van der Waals surface area contributed by atoms with Crippen LogP contribution in [0.3, 0.4) is 0 Å². The van der Waals surface area contributed by atoms with Gasteiger partial charge in [0.25, 0.3) is 11.8 Å². The fourth-order valence-electron chi connectivity index (χ4n) is 1.85. The molecular formula is C17H18N2O4S. The summed E-state index contributed by atoms with van der Waals surface area (Å²) in [6.45, 7) is 5.26. The third-order valence-corrected chi connectivity index (χ3v) is 4.14. The van der Waals surface area contributed by atoms with Gasteiger partial charge in [-0.3, -0.25) is 25.2 Å². The van der Waals surface area contributed by atoms with E-state index in [4.69, 9.17) is 4.74 Å². The smallest absolute Gasteiger partial charge is 0.279 e. The van der Waals surface area contributed by atoms with Gasteiger partial charge in [0.1, 0.15) is 5.75 Å². The first-order chi connectivity index (χ1) is 11.4. The summed E-state index contributed by atoms with van der Waals surface area (Å²) in [7, 11) is 0. The fraction of sp³-hybridized carbons (Fsp3) is 0.235. The number of benzene rings is 1. The molecule has 0 radical (unpaired) electrons. The van der Waals surface area contributed by atoms with Gasteiger partial charge in [-0.15, -0.1) is 11.3 Å². The number of carbonyl (C=O) groups excluding carboxylic acids is 3. The molecule has 24 heavy (non-hydrogen) atoms. The van der Waals surface area contributed by atoms with Crippen LogP contribution in [0.2, 0.25) is 0 Å². The number of hydrogen-bond acceptors (Lipinski definition) is 5. The van der Waals surface area contributed by atoms with Crippen molar-refractivity contribution in [2.24, 2.45) is 0 Å². The number of Topliss-reactive ketones (excluding diaryl/α,β-unsaturated/α-hetero) is 1. The number of ketones is 1. The molecule has 0 bridgehead atoms. The molecule has 1 heterocycles. The van der Waals surface area contributed by atoms with Crippen LogP contribution in [0.5, 0.6) is 5.75 Å². The van der Waals surface area contributed by atoms with Gasteiger partial charge < -0.3 is 4.74 Å². The summed E-state index contributed by atoms with van der Waals surface area (Å²) in [6.07, 6.45) is 0.0506. The lowest BCUT2D eigenvalue weighted by Crippen LogP contribution is -2.41. The van der Waals surface area contributed by atoms with E-state index in [-0.39, 0.29) is 11.9 Å². The molecule has 6 nitrogen and oxygen atoms in total. The molecule has 2 amide bonds. The van der Waals surface area contributed by atoms with E-state index in [0.29, 0.717) is 21.1 Å². The summed E-state index contributed by atoms with van der Waals surface area (Å²) >= 11 is 1.07. The summed E-state index contributed by atoms with van der Waals surface area (Å²) in [6, 6.07) is 9.72. The Bertz CT molecular complexity index is 750. The van der Waals surface area contributed by atoms with Crippen molar-refractivity contribution in [3.63, 3.8) is 0 Å². The van der Waals surface area contributed by atoms with Gasteiger partial charge >= 0.3 is 0 Å². The van der Waals surface area contributed by atoms with E-state index in [1.165, 1.54) is 6.92 Å². The summed E-state index contributed by atoms with van der Waals surface area (Å²) in [5.41, 5.74) is 5.05. The molecule has 2 N–H and O–H groups in total. The molecule has 0 aliphatic heterocycles. The number of carbonyl (C=O) groups is 3. The van der Waals surface area contributed by atoms with Crippen molar-refractivity contribution in [1.29, 1.82) is 0 Å². The second-order valence-corrected chi connectivity index (χ2v) is 6.40. The Morgan fingerprint density at radius 2 is 1.50 bits per heavy atom. The maximum Gasteiger partial charge on any atom is 0.279 e. The average molecular weight is 346 g/mol. The number of amides is 2. The minimum atomic E-state index is -0.472. The molecule has 0 fully saturated rings. The molecule has 0 saturated heterocycles. The van der Waals surface area contributed by atoms with Gasteiger partial charge in [-0.2, -0.15) is 0 Å². The molecule has 0 aliphatic carbocycles. The van der Waals surface area contributed by atoms with Gasteiger partial charge in [0.15, 0.2) is 5.78 Å². The molecule has 2 rings (SSSR count). The first-order valence-electron chi connectivity index (χ1n) is 7.35. The molecule has 0 aliphatic rings. The van der Waals surface area contributed by atoms with Crippen LogP contribution >= 0.6 is 11.3 Å². The SMILES string of the molecule is CC(=O)c1ccc(C(=O)NNC(=O)c2ccc(OC(C)C)cc2)s1. The van der Waals surface area contributed by atoms with Crippen LogP contribution in [0, 0.1) is 0 Å². The minimum Gasteiger partial charge on any atom is -0.491 e. The number of hydrogen-bond donors (Lipinski definition) is 2. The standard InChI is InChI=1S/C17H18N2O4S/c1-10(2)23-13-6-4-12(5-7-13)16(21)18-19-17(22)15-9-8-14(24-15)11(3)20/h4-10H,1-3H3,(H,18,21)(H,19,22). The normalized spacial score (nSPS) is 10.3. The topological polar surface area (TPSA) is 84.5 Å². The van der Waals surface area contributed by atoms with Crippen molar-refractivity contribution < 1.29 is 19.1 Å². The van der Waals surface area contributed by atoms with E-state index in [2.05, 4.69) is 10.9 Å². The van der Waals surface area contributed by atoms with Crippen LogP contribution in [0.1, 0.15) is 50.5 Å². The number of nitrogens with one attached hydrogen (secondary N) is 2. The Morgan fingerprint density at radius 3 is 2.04 bits per heavy atom. The molecular weight excluding hydrogens is 328 g/mol. The second-order valence-electron chi connectivity index (χ2n) is 5.32. The summed E-state index contributed by atoms with van der Waals surface area (Å²) < 4.78 is 5.50. The van der Waals surface area contributed by atoms with Crippen molar-refractivity contribution in [3.8, 4) is 5.75 Å². The molecule has 7 heteroatoms. The lowest BCUT2D eigenvalue weighted by atomic mass is 10.2. The van der Waals surface area contributed by atoms with E-state index < -0.39 is 11.8 Å². The third-order valence-electron chi connectivity index (χ3n) is 2.95. The number of thiophene rings is 1. The molecule has 1 aromatic heterocycles. The first-order valence-corrected chi connectivity index (χ1v) is 8.16. The first kappa shape index (κ1) is 17.7. The minimum absolute atomic E-state index is 0.0506. The van der Waals surface area contributed by atoms with Crippen molar-refractivity contribution in [2.45, 2.75) is 26.9 Å². The number of ether oxygens (including phenoxy) is 1. The molecule has 126 valence electrons. The molecule has 1 aromatic carbocycles. The predicted octanol–water partition coefficient (Wildman–Crippen LogP) is 2.81. The van der Waals surface area contributed by atoms with Crippen molar-refractivity contribution in [3.05, 3.63) is 51.7 Å². The van der Waals surface area contributed by atoms with Crippen LogP contribution in [0.15, 0.2) is 36.4 Å². The Balaban J connectivity index is 1.92. The van der Waals surface area contributed by atoms with E-state index in [1.54, 1.807) is 36.4 Å². The van der Waals surface area contributed by atoms with Crippen LogP contribution in [0.4, 0.5) is 0 Å². The molecule has 0 saturated carbocycles. The Morgan fingerprint density at radius 1 is 0.917 bits per heavy atom. The lowest BCUT2D eigenvalue weighted by molar-refractivity contribution is 0.0849. The van der Waals surface area contributed by atoms with Gasteiger partial charge in [0.05, 0.1) is 15.9 Å². The Kier molecular flexibility index (Phi) is 5.70. The summed E-state index contributed by atoms with van der Waals surface area (Å²) in [5, 5.41) is 0. The Hall–Kier alpha value is -2.67. The van der Waals surface area contributed by atoms with E-state index in [9.17, 15) is 14.4 Å². The lowest BCUT2D eigenvalue weighted by Gasteiger charge is -2.10. The van der Waals surface area contributed by atoms with Gasteiger partial charge in [-0.25, -0.2) is 0 Å². The highest BCUT2D eigenvalue weighted by Crippen LogP contribution is 2.17. The van der Waals surface area contributed by atoms with E-state index >= 15 is 0 Å². The zero-order valence-corrected chi connectivity index (χ0v) is 14.4. The van der Waals surface area contributed by atoms with Crippen LogP contribution in [-0.4, -0.2) is 23.7 Å². The molecule has 0 unspecified atom stereocenters. The van der Waals surface area contributed by atoms with Gasteiger partial charge in [-0.05, 0) is 57.2 Å². The van der Waals surface area contributed by atoms with Crippen LogP contribution in [-0.2, 0) is 0 Å². The number of rotatable bonds is 5. The van der Waals surface area contributed by atoms with Gasteiger partial charge in [0.2, 0.25) is 0 Å². The summed E-state index contributed by atoms with van der Waals surface area (Å²) in [5.74, 6) is -0.351. The average Bonchev–Trinajstić information content (AvgIpc) is 3.02. The molecule has 2 aromatic rings. The van der Waals surface area contributed by atoms with Crippen LogP contribution < -0.4 is 15.6 Å². The Labute approximate surface area is 143 Å². The van der Waals surface area contributed by atoms with Gasteiger partial charge in [0, 0.05) is 5.56 Å². The van der Waals surface area contributed by atoms with E-state index in [1.807, 2.05) is 13.8 Å². The highest BCUT2D eigenvalue weighted by atomic mass is 32.1. The molecule has 0 spiro atoms. The highest BCUT2D eigenvalue weighted by molar-refractivity contribution is 7.15. The fourth-order valence-corrected chi connectivity index (χ4v) is 2.65. The zero-order valence-electron chi connectivity index (χ0n) is 13.6. The van der Waals surface area contributed by atoms with Crippen molar-refractivity contribution in [2.75, 3.05) is 0 Å². The highest BCUT2D eigenvalue weighted by Gasteiger charge is 2.13. The quantitative estimate of drug-likeness (QED) is 0.644. The van der Waals surface area contributed by atoms with Crippen molar-refractivity contribution >= 4 is 28.9 Å². The maximum absolute atomic E-state index is 12.0. The largest absolute Gasteiger partial charge is 0.491 e. The third kappa shape index (κ3) is 4.66. The van der Waals surface area contributed by atoms with E-state index in [0.717, 1.165) is 11.3 Å². The second kappa shape index (κ2) is 7.74. The summed E-state index contributed by atoms with van der Waals surface area (Å²) in [4.78, 5) is 36.0. The van der Waals surface area contributed by atoms with Crippen LogP contribution in [0.25, 0.3) is 0 Å². The number of hydrazine groups is 1. The monoisotopic (exact) mass is 346 g/mol. The zero-order chi connectivity index (χ0) is 17.7. The van der Waals surface area contributed by atoms with Crippen molar-refractivity contribution in [1.82, 2.24) is 10.9 Å². The van der Waals surface area contributed by atoms with Gasteiger partial charge in [-0.1, -0.05) is 0 Å².